The average molecular weight is 362 g/mol. The molecular weight excluding hydrogens is 338 g/mol. The lowest BCUT2D eigenvalue weighted by molar-refractivity contribution is -0.128. The molecular formula is C19H24ClN3O2. The fourth-order valence-corrected chi connectivity index (χ4v) is 3.39. The number of amides is 1. The monoisotopic (exact) mass is 361 g/mol. The third-order valence-electron chi connectivity index (χ3n) is 4.94. The smallest absolute Gasteiger partial charge is 0.274 e. The van der Waals surface area contributed by atoms with Gasteiger partial charge in [-0.1, -0.05) is 31.0 Å². The first-order chi connectivity index (χ1) is 11.9. The van der Waals surface area contributed by atoms with Crippen LogP contribution in [0.4, 0.5) is 0 Å². The first kappa shape index (κ1) is 17.9. The molecule has 1 amide bonds. The Morgan fingerprint density at radius 3 is 2.56 bits per heavy atom. The number of fused-ring (bicyclic) bond motifs is 1. The highest BCUT2D eigenvalue weighted by atomic mass is 35.5. The van der Waals surface area contributed by atoms with Crippen LogP contribution in [-0.4, -0.2) is 21.6 Å². The second kappa shape index (κ2) is 7.16. The van der Waals surface area contributed by atoms with Crippen molar-refractivity contribution in [3.05, 3.63) is 40.3 Å². The molecule has 1 fully saturated rings. The SMILES string of the molecule is CC(C)(CCl)C(=O)NCc1nn(C2CCCC2)c(=O)c2ccccc12. The molecule has 1 aliphatic rings. The largest absolute Gasteiger partial charge is 0.350 e. The number of carbonyl (C=O) groups is 1. The zero-order valence-electron chi connectivity index (χ0n) is 14.7. The molecule has 1 heterocycles. The number of aromatic nitrogens is 2. The Bertz CT molecular complexity index is 838. The van der Waals surface area contributed by atoms with Crippen molar-refractivity contribution in [3.8, 4) is 0 Å². The van der Waals surface area contributed by atoms with Gasteiger partial charge < -0.3 is 5.32 Å². The fourth-order valence-electron chi connectivity index (χ4n) is 3.26. The van der Waals surface area contributed by atoms with E-state index in [2.05, 4.69) is 10.4 Å². The van der Waals surface area contributed by atoms with E-state index < -0.39 is 5.41 Å². The molecule has 2 aromatic rings. The van der Waals surface area contributed by atoms with Crippen LogP contribution in [0.1, 0.15) is 51.3 Å². The molecule has 6 heteroatoms. The highest BCUT2D eigenvalue weighted by Gasteiger charge is 2.27. The van der Waals surface area contributed by atoms with E-state index in [1.807, 2.05) is 24.3 Å². The number of benzene rings is 1. The molecule has 1 aromatic carbocycles. The molecule has 0 bridgehead atoms. The van der Waals surface area contributed by atoms with E-state index in [9.17, 15) is 9.59 Å². The molecule has 1 N–H and O–H groups in total. The number of nitrogens with one attached hydrogen (secondary N) is 1. The summed E-state index contributed by atoms with van der Waals surface area (Å²) >= 11 is 5.88. The van der Waals surface area contributed by atoms with E-state index in [1.165, 1.54) is 0 Å². The van der Waals surface area contributed by atoms with E-state index in [-0.39, 0.29) is 29.9 Å². The average Bonchev–Trinajstić information content (AvgIpc) is 3.15. The Balaban J connectivity index is 1.97. The van der Waals surface area contributed by atoms with Gasteiger partial charge in [-0.25, -0.2) is 4.68 Å². The number of halogens is 1. The predicted molar refractivity (Wildman–Crippen MR) is 99.9 cm³/mol. The normalized spacial score (nSPS) is 15.6. The van der Waals surface area contributed by atoms with Crippen LogP contribution in [0, 0.1) is 5.41 Å². The quantitative estimate of drug-likeness (QED) is 0.830. The number of rotatable bonds is 5. The maximum atomic E-state index is 12.8. The number of hydrogen-bond donors (Lipinski definition) is 1. The number of nitrogens with zero attached hydrogens (tertiary/aromatic N) is 2. The summed E-state index contributed by atoms with van der Waals surface area (Å²) < 4.78 is 1.63. The summed E-state index contributed by atoms with van der Waals surface area (Å²) in [5.74, 6) is 0.126. The van der Waals surface area contributed by atoms with Gasteiger partial charge in [0.2, 0.25) is 5.91 Å². The fraction of sp³-hybridized carbons (Fsp3) is 0.526. The predicted octanol–water partition coefficient (Wildman–Crippen LogP) is 3.39. The summed E-state index contributed by atoms with van der Waals surface area (Å²) in [5.41, 5.74) is 0.0385. The molecule has 1 aromatic heterocycles. The Morgan fingerprint density at radius 2 is 1.92 bits per heavy atom. The van der Waals surface area contributed by atoms with Crippen molar-refractivity contribution in [2.45, 2.75) is 52.1 Å². The third-order valence-corrected chi connectivity index (χ3v) is 5.61. The van der Waals surface area contributed by atoms with Crippen molar-refractivity contribution in [2.24, 2.45) is 5.41 Å². The highest BCUT2D eigenvalue weighted by molar-refractivity contribution is 6.19. The van der Waals surface area contributed by atoms with Gasteiger partial charge in [-0.2, -0.15) is 5.10 Å². The van der Waals surface area contributed by atoms with Crippen LogP contribution < -0.4 is 10.9 Å². The van der Waals surface area contributed by atoms with Gasteiger partial charge in [0.1, 0.15) is 0 Å². The lowest BCUT2D eigenvalue weighted by atomic mass is 9.95. The van der Waals surface area contributed by atoms with Crippen LogP contribution in [0.25, 0.3) is 10.8 Å². The van der Waals surface area contributed by atoms with Crippen molar-refractivity contribution in [2.75, 3.05) is 5.88 Å². The standard InChI is InChI=1S/C19H24ClN3O2/c1-19(2,12-20)18(25)21-11-16-14-9-5-6-10-15(14)17(24)23(22-16)13-7-3-4-8-13/h5-6,9-10,13H,3-4,7-8,11-12H2,1-2H3,(H,21,25). The molecule has 25 heavy (non-hydrogen) atoms. The van der Waals surface area contributed by atoms with E-state index >= 15 is 0 Å². The van der Waals surface area contributed by atoms with E-state index in [1.54, 1.807) is 18.5 Å². The van der Waals surface area contributed by atoms with E-state index in [0.29, 0.717) is 5.39 Å². The van der Waals surface area contributed by atoms with Crippen molar-refractivity contribution in [1.82, 2.24) is 15.1 Å². The first-order valence-corrected chi connectivity index (χ1v) is 9.32. The number of alkyl halides is 1. The Labute approximate surface area is 152 Å². The van der Waals surface area contributed by atoms with Gasteiger partial charge in [0, 0.05) is 11.3 Å². The minimum absolute atomic E-state index is 0.0429. The summed E-state index contributed by atoms with van der Waals surface area (Å²) in [6, 6.07) is 7.63. The topological polar surface area (TPSA) is 64.0 Å². The van der Waals surface area contributed by atoms with Crippen LogP contribution in [0.2, 0.25) is 0 Å². The van der Waals surface area contributed by atoms with Crippen LogP contribution >= 0.6 is 11.6 Å². The van der Waals surface area contributed by atoms with E-state index in [0.717, 1.165) is 36.8 Å². The van der Waals surface area contributed by atoms with Gasteiger partial charge in [-0.05, 0) is 32.8 Å². The molecule has 1 saturated carbocycles. The Hall–Kier alpha value is -1.88. The summed E-state index contributed by atoms with van der Waals surface area (Å²) in [6.07, 6.45) is 4.22. The molecule has 3 rings (SSSR count). The molecule has 0 saturated heterocycles. The lowest BCUT2D eigenvalue weighted by Crippen LogP contribution is -2.38. The molecule has 5 nitrogen and oxygen atoms in total. The van der Waals surface area contributed by atoms with E-state index in [4.69, 9.17) is 11.6 Å². The van der Waals surface area contributed by atoms with Gasteiger partial charge in [0.15, 0.2) is 0 Å². The minimum Gasteiger partial charge on any atom is -0.350 e. The molecule has 1 aliphatic carbocycles. The van der Waals surface area contributed by atoms with Gasteiger partial charge in [0.25, 0.3) is 5.56 Å². The molecule has 0 atom stereocenters. The maximum absolute atomic E-state index is 12.8. The molecule has 0 radical (unpaired) electrons. The molecule has 0 aliphatic heterocycles. The van der Waals surface area contributed by atoms with Crippen molar-refractivity contribution in [3.63, 3.8) is 0 Å². The minimum atomic E-state index is -0.642. The zero-order valence-corrected chi connectivity index (χ0v) is 15.5. The van der Waals surface area contributed by atoms with Crippen LogP contribution in [0.15, 0.2) is 29.1 Å². The van der Waals surface area contributed by atoms with Gasteiger partial charge in [0.05, 0.1) is 29.1 Å². The van der Waals surface area contributed by atoms with Crippen LogP contribution in [0.5, 0.6) is 0 Å². The summed E-state index contributed by atoms with van der Waals surface area (Å²) in [7, 11) is 0. The van der Waals surface area contributed by atoms with Crippen LogP contribution in [-0.2, 0) is 11.3 Å². The highest BCUT2D eigenvalue weighted by Crippen LogP contribution is 2.28. The summed E-state index contributed by atoms with van der Waals surface area (Å²) in [4.78, 5) is 25.1. The van der Waals surface area contributed by atoms with Crippen molar-refractivity contribution >= 4 is 28.3 Å². The second-order valence-corrected chi connectivity index (χ2v) is 7.65. The maximum Gasteiger partial charge on any atom is 0.274 e. The molecule has 0 spiro atoms. The number of hydrogen-bond acceptors (Lipinski definition) is 3. The van der Waals surface area contributed by atoms with Gasteiger partial charge >= 0.3 is 0 Å². The van der Waals surface area contributed by atoms with Crippen molar-refractivity contribution < 1.29 is 4.79 Å². The second-order valence-electron chi connectivity index (χ2n) is 7.38. The van der Waals surface area contributed by atoms with Crippen LogP contribution in [0.3, 0.4) is 0 Å². The summed E-state index contributed by atoms with van der Waals surface area (Å²) in [6.45, 7) is 3.90. The third kappa shape index (κ3) is 3.56. The Kier molecular flexibility index (Phi) is 5.13. The Morgan fingerprint density at radius 1 is 1.28 bits per heavy atom. The van der Waals surface area contributed by atoms with Gasteiger partial charge in [-0.3, -0.25) is 9.59 Å². The first-order valence-electron chi connectivity index (χ1n) is 8.79. The van der Waals surface area contributed by atoms with Crippen molar-refractivity contribution in [1.29, 1.82) is 0 Å². The molecule has 0 unspecified atom stereocenters. The zero-order chi connectivity index (χ0) is 18.0. The lowest BCUT2D eigenvalue weighted by Gasteiger charge is -2.21. The molecule has 134 valence electrons. The number of carbonyl (C=O) groups excluding carboxylic acids is 1. The van der Waals surface area contributed by atoms with Gasteiger partial charge in [-0.15, -0.1) is 11.6 Å². The summed E-state index contributed by atoms with van der Waals surface area (Å²) in [5, 5.41) is 8.99.